The SMILES string of the molecule is CC(Cc1cc(C(C)C)ccc1C(C)C)C(=O)O. The highest BCUT2D eigenvalue weighted by atomic mass is 16.4. The Kier molecular flexibility index (Phi) is 4.94. The summed E-state index contributed by atoms with van der Waals surface area (Å²) in [5.41, 5.74) is 3.74. The number of benzene rings is 1. The minimum absolute atomic E-state index is 0.329. The van der Waals surface area contributed by atoms with Crippen LogP contribution in [0.2, 0.25) is 0 Å². The summed E-state index contributed by atoms with van der Waals surface area (Å²) in [4.78, 5) is 11.0. The van der Waals surface area contributed by atoms with E-state index in [0.29, 0.717) is 18.3 Å². The predicted octanol–water partition coefficient (Wildman–Crippen LogP) is 4.20. The van der Waals surface area contributed by atoms with Gasteiger partial charge in [0.05, 0.1) is 5.92 Å². The summed E-state index contributed by atoms with van der Waals surface area (Å²) in [6, 6.07) is 6.50. The molecule has 0 radical (unpaired) electrons. The number of carbonyl (C=O) groups is 1. The van der Waals surface area contributed by atoms with Crippen LogP contribution in [0.3, 0.4) is 0 Å². The van der Waals surface area contributed by atoms with Crippen molar-refractivity contribution in [3.05, 3.63) is 34.9 Å². The van der Waals surface area contributed by atoms with Crippen LogP contribution in [-0.4, -0.2) is 11.1 Å². The highest BCUT2D eigenvalue weighted by Gasteiger charge is 2.16. The van der Waals surface area contributed by atoms with Gasteiger partial charge in [0.25, 0.3) is 0 Å². The number of carboxylic acid groups (broad SMARTS) is 1. The topological polar surface area (TPSA) is 37.3 Å². The van der Waals surface area contributed by atoms with Gasteiger partial charge in [-0.1, -0.05) is 52.8 Å². The maximum absolute atomic E-state index is 11.0. The number of aliphatic carboxylic acids is 1. The van der Waals surface area contributed by atoms with Gasteiger partial charge in [-0.15, -0.1) is 0 Å². The van der Waals surface area contributed by atoms with Crippen LogP contribution in [0, 0.1) is 5.92 Å². The van der Waals surface area contributed by atoms with E-state index in [-0.39, 0.29) is 5.92 Å². The molecule has 0 aliphatic carbocycles. The summed E-state index contributed by atoms with van der Waals surface area (Å²) in [6.45, 7) is 10.4. The van der Waals surface area contributed by atoms with E-state index < -0.39 is 5.97 Å². The fourth-order valence-electron chi connectivity index (χ4n) is 2.14. The molecule has 0 saturated carbocycles. The van der Waals surface area contributed by atoms with Gasteiger partial charge in [-0.3, -0.25) is 4.79 Å². The molecule has 1 N–H and O–H groups in total. The largest absolute Gasteiger partial charge is 0.481 e. The average molecular weight is 248 g/mol. The molecule has 1 unspecified atom stereocenters. The molecule has 0 heterocycles. The second-order valence-electron chi connectivity index (χ2n) is 5.71. The van der Waals surface area contributed by atoms with Crippen molar-refractivity contribution in [2.24, 2.45) is 5.92 Å². The molecule has 0 bridgehead atoms. The highest BCUT2D eigenvalue weighted by Crippen LogP contribution is 2.26. The lowest BCUT2D eigenvalue weighted by atomic mass is 9.88. The minimum atomic E-state index is -0.723. The van der Waals surface area contributed by atoms with Crippen molar-refractivity contribution in [2.45, 2.75) is 52.9 Å². The fraction of sp³-hybridized carbons (Fsp3) is 0.562. The Morgan fingerprint density at radius 2 is 1.72 bits per heavy atom. The van der Waals surface area contributed by atoms with Crippen molar-refractivity contribution in [3.63, 3.8) is 0 Å². The van der Waals surface area contributed by atoms with Gasteiger partial charge < -0.3 is 5.11 Å². The van der Waals surface area contributed by atoms with Gasteiger partial charge in [0.2, 0.25) is 0 Å². The van der Waals surface area contributed by atoms with Crippen molar-refractivity contribution in [2.75, 3.05) is 0 Å². The summed E-state index contributed by atoms with van der Waals surface area (Å²) in [7, 11) is 0. The minimum Gasteiger partial charge on any atom is -0.481 e. The predicted molar refractivity (Wildman–Crippen MR) is 75.1 cm³/mol. The zero-order valence-electron chi connectivity index (χ0n) is 12.0. The van der Waals surface area contributed by atoms with Gasteiger partial charge in [-0.25, -0.2) is 0 Å². The third kappa shape index (κ3) is 3.59. The molecule has 1 atom stereocenters. The molecule has 0 aliphatic rings. The van der Waals surface area contributed by atoms with Crippen molar-refractivity contribution in [1.29, 1.82) is 0 Å². The lowest BCUT2D eigenvalue weighted by Crippen LogP contribution is -2.14. The quantitative estimate of drug-likeness (QED) is 0.848. The van der Waals surface area contributed by atoms with Crippen LogP contribution in [0.15, 0.2) is 18.2 Å². The normalized spacial score (nSPS) is 13.1. The van der Waals surface area contributed by atoms with Crippen molar-refractivity contribution >= 4 is 5.97 Å². The summed E-state index contributed by atoms with van der Waals surface area (Å²) in [5, 5.41) is 9.05. The van der Waals surface area contributed by atoms with Crippen LogP contribution in [0.5, 0.6) is 0 Å². The smallest absolute Gasteiger partial charge is 0.306 e. The summed E-state index contributed by atoms with van der Waals surface area (Å²) >= 11 is 0. The Morgan fingerprint density at radius 3 is 2.17 bits per heavy atom. The number of rotatable bonds is 5. The van der Waals surface area contributed by atoms with E-state index in [4.69, 9.17) is 5.11 Å². The molecule has 0 fully saturated rings. The molecule has 0 saturated heterocycles. The third-order valence-corrected chi connectivity index (χ3v) is 3.40. The van der Waals surface area contributed by atoms with Gasteiger partial charge in [0.15, 0.2) is 0 Å². The zero-order chi connectivity index (χ0) is 13.9. The Balaban J connectivity index is 3.11. The Hall–Kier alpha value is -1.31. The van der Waals surface area contributed by atoms with Crippen LogP contribution in [-0.2, 0) is 11.2 Å². The average Bonchev–Trinajstić information content (AvgIpc) is 2.28. The summed E-state index contributed by atoms with van der Waals surface area (Å²) in [5.74, 6) is -0.142. The molecular weight excluding hydrogens is 224 g/mol. The van der Waals surface area contributed by atoms with E-state index in [1.165, 1.54) is 16.7 Å². The second-order valence-corrected chi connectivity index (χ2v) is 5.71. The van der Waals surface area contributed by atoms with Crippen molar-refractivity contribution in [3.8, 4) is 0 Å². The highest BCUT2D eigenvalue weighted by molar-refractivity contribution is 5.70. The molecule has 0 spiro atoms. The van der Waals surface area contributed by atoms with E-state index in [1.807, 2.05) is 0 Å². The van der Waals surface area contributed by atoms with Crippen LogP contribution in [0.4, 0.5) is 0 Å². The molecule has 18 heavy (non-hydrogen) atoms. The molecule has 0 aromatic heterocycles. The number of hydrogen-bond acceptors (Lipinski definition) is 1. The van der Waals surface area contributed by atoms with E-state index in [0.717, 1.165) is 0 Å². The Bertz CT molecular complexity index is 419. The van der Waals surface area contributed by atoms with Gasteiger partial charge in [-0.05, 0) is 34.9 Å². The number of carboxylic acids is 1. The second kappa shape index (κ2) is 6.03. The van der Waals surface area contributed by atoms with Crippen LogP contribution >= 0.6 is 0 Å². The van der Waals surface area contributed by atoms with Crippen molar-refractivity contribution in [1.82, 2.24) is 0 Å². The first kappa shape index (κ1) is 14.7. The van der Waals surface area contributed by atoms with E-state index in [1.54, 1.807) is 6.92 Å². The third-order valence-electron chi connectivity index (χ3n) is 3.40. The number of hydrogen-bond donors (Lipinski definition) is 1. The van der Waals surface area contributed by atoms with Gasteiger partial charge in [0.1, 0.15) is 0 Å². The molecule has 1 aromatic carbocycles. The molecule has 100 valence electrons. The summed E-state index contributed by atoms with van der Waals surface area (Å²) < 4.78 is 0. The lowest BCUT2D eigenvalue weighted by Gasteiger charge is -2.17. The molecular formula is C16H24O2. The first-order valence-electron chi connectivity index (χ1n) is 6.68. The van der Waals surface area contributed by atoms with E-state index >= 15 is 0 Å². The molecule has 1 aromatic rings. The van der Waals surface area contributed by atoms with E-state index in [9.17, 15) is 4.79 Å². The maximum Gasteiger partial charge on any atom is 0.306 e. The van der Waals surface area contributed by atoms with Crippen molar-refractivity contribution < 1.29 is 9.90 Å². The molecule has 0 amide bonds. The Labute approximate surface area is 110 Å². The van der Waals surface area contributed by atoms with Crippen LogP contribution in [0.1, 0.15) is 63.1 Å². The molecule has 2 heteroatoms. The van der Waals surface area contributed by atoms with Crippen LogP contribution < -0.4 is 0 Å². The maximum atomic E-state index is 11.0. The van der Waals surface area contributed by atoms with Gasteiger partial charge in [0, 0.05) is 0 Å². The van der Waals surface area contributed by atoms with E-state index in [2.05, 4.69) is 45.9 Å². The van der Waals surface area contributed by atoms with Crippen LogP contribution in [0.25, 0.3) is 0 Å². The first-order chi connectivity index (χ1) is 8.32. The molecule has 0 aliphatic heterocycles. The standard InChI is InChI=1S/C16H24O2/c1-10(2)13-6-7-15(11(3)4)14(9-13)8-12(5)16(17)18/h6-7,9-12H,8H2,1-5H3,(H,17,18). The molecule has 1 rings (SSSR count). The van der Waals surface area contributed by atoms with Gasteiger partial charge >= 0.3 is 5.97 Å². The zero-order valence-corrected chi connectivity index (χ0v) is 12.0. The van der Waals surface area contributed by atoms with Gasteiger partial charge in [-0.2, -0.15) is 0 Å². The summed E-state index contributed by atoms with van der Waals surface area (Å²) in [6.07, 6.45) is 0.614. The first-order valence-corrected chi connectivity index (χ1v) is 6.68. The fourth-order valence-corrected chi connectivity index (χ4v) is 2.14. The lowest BCUT2D eigenvalue weighted by molar-refractivity contribution is -0.141. The molecule has 2 nitrogen and oxygen atoms in total. The Morgan fingerprint density at radius 1 is 1.11 bits per heavy atom. The monoisotopic (exact) mass is 248 g/mol.